The van der Waals surface area contributed by atoms with E-state index in [0.29, 0.717) is 11.6 Å². The van der Waals surface area contributed by atoms with Crippen LogP contribution in [0.5, 0.6) is 0 Å². The maximum Gasteiger partial charge on any atom is 0.131 e. The molecule has 1 unspecified atom stereocenters. The first-order valence-electron chi connectivity index (χ1n) is 7.68. The SMILES string of the molecule is Cc1nn(C)c(Cl)c1CN1CC2(CCCC2)NCC1C. The highest BCUT2D eigenvalue weighted by molar-refractivity contribution is 6.30. The zero-order chi connectivity index (χ0) is 14.3. The first kappa shape index (κ1) is 14.4. The minimum Gasteiger partial charge on any atom is -0.308 e. The van der Waals surface area contributed by atoms with Gasteiger partial charge in [0, 0.05) is 43.8 Å². The molecular weight excluding hydrogens is 272 g/mol. The Morgan fingerprint density at radius 1 is 1.40 bits per heavy atom. The molecule has 3 rings (SSSR count). The first-order valence-corrected chi connectivity index (χ1v) is 8.06. The van der Waals surface area contributed by atoms with Gasteiger partial charge in [-0.3, -0.25) is 9.58 Å². The van der Waals surface area contributed by atoms with E-state index in [-0.39, 0.29) is 0 Å². The zero-order valence-electron chi connectivity index (χ0n) is 12.7. The molecule has 4 nitrogen and oxygen atoms in total. The number of rotatable bonds is 2. The van der Waals surface area contributed by atoms with Crippen LogP contribution in [0.3, 0.4) is 0 Å². The van der Waals surface area contributed by atoms with E-state index in [9.17, 15) is 0 Å². The fraction of sp³-hybridized carbons (Fsp3) is 0.800. The van der Waals surface area contributed by atoms with Crippen molar-refractivity contribution in [1.82, 2.24) is 20.0 Å². The van der Waals surface area contributed by atoms with Crippen LogP contribution in [0.2, 0.25) is 5.15 Å². The van der Waals surface area contributed by atoms with Crippen LogP contribution in [0.25, 0.3) is 0 Å². The van der Waals surface area contributed by atoms with Crippen molar-refractivity contribution in [2.75, 3.05) is 13.1 Å². The monoisotopic (exact) mass is 296 g/mol. The fourth-order valence-electron chi connectivity index (χ4n) is 3.75. The van der Waals surface area contributed by atoms with Crippen LogP contribution >= 0.6 is 11.6 Å². The van der Waals surface area contributed by atoms with Crippen molar-refractivity contribution >= 4 is 11.6 Å². The topological polar surface area (TPSA) is 33.1 Å². The van der Waals surface area contributed by atoms with Crippen LogP contribution in [-0.4, -0.2) is 39.4 Å². The summed E-state index contributed by atoms with van der Waals surface area (Å²) >= 11 is 6.39. The van der Waals surface area contributed by atoms with Crippen molar-refractivity contribution < 1.29 is 0 Å². The molecule has 2 heterocycles. The Morgan fingerprint density at radius 3 is 2.70 bits per heavy atom. The molecule has 0 radical (unpaired) electrons. The molecule has 0 aromatic carbocycles. The highest BCUT2D eigenvalue weighted by Crippen LogP contribution is 2.34. The molecule has 0 bridgehead atoms. The second kappa shape index (κ2) is 5.32. The number of halogens is 1. The lowest BCUT2D eigenvalue weighted by Gasteiger charge is -2.45. The van der Waals surface area contributed by atoms with E-state index in [1.165, 1.54) is 31.2 Å². The second-order valence-electron chi connectivity index (χ2n) is 6.60. The van der Waals surface area contributed by atoms with Crippen molar-refractivity contribution in [3.63, 3.8) is 0 Å². The van der Waals surface area contributed by atoms with Gasteiger partial charge in [0.2, 0.25) is 0 Å². The molecular formula is C15H25ClN4. The molecule has 1 aliphatic heterocycles. The Bertz CT molecular complexity index is 490. The molecule has 112 valence electrons. The Kier molecular flexibility index (Phi) is 3.82. The van der Waals surface area contributed by atoms with Gasteiger partial charge in [0.05, 0.1) is 5.69 Å². The van der Waals surface area contributed by atoms with Crippen LogP contribution in [-0.2, 0) is 13.6 Å². The molecule has 1 saturated heterocycles. The molecule has 1 atom stereocenters. The molecule has 1 aromatic rings. The molecule has 2 aliphatic rings. The largest absolute Gasteiger partial charge is 0.308 e. The van der Waals surface area contributed by atoms with Crippen LogP contribution in [0.15, 0.2) is 0 Å². The summed E-state index contributed by atoms with van der Waals surface area (Å²) in [6, 6.07) is 0.553. The quantitative estimate of drug-likeness (QED) is 0.910. The van der Waals surface area contributed by atoms with E-state index in [1.54, 1.807) is 4.68 Å². The third-order valence-electron chi connectivity index (χ3n) is 5.09. The van der Waals surface area contributed by atoms with Crippen LogP contribution in [0.1, 0.15) is 43.9 Å². The summed E-state index contributed by atoms with van der Waals surface area (Å²) in [5.41, 5.74) is 2.61. The molecule has 1 N–H and O–H groups in total. The van der Waals surface area contributed by atoms with E-state index in [1.807, 2.05) is 7.05 Å². The van der Waals surface area contributed by atoms with Gasteiger partial charge in [-0.05, 0) is 26.7 Å². The van der Waals surface area contributed by atoms with Crippen LogP contribution in [0.4, 0.5) is 0 Å². The van der Waals surface area contributed by atoms with Gasteiger partial charge in [-0.25, -0.2) is 0 Å². The van der Waals surface area contributed by atoms with E-state index < -0.39 is 0 Å². The predicted octanol–water partition coefficient (Wildman–Crippen LogP) is 2.49. The Balaban J connectivity index is 1.78. The minimum absolute atomic E-state index is 0.356. The Morgan fingerprint density at radius 2 is 2.10 bits per heavy atom. The van der Waals surface area contributed by atoms with Gasteiger partial charge in [-0.15, -0.1) is 0 Å². The third-order valence-corrected chi connectivity index (χ3v) is 5.57. The van der Waals surface area contributed by atoms with E-state index >= 15 is 0 Å². The number of aryl methyl sites for hydroxylation is 2. The summed E-state index contributed by atoms with van der Waals surface area (Å²) in [6.07, 6.45) is 5.36. The van der Waals surface area contributed by atoms with Gasteiger partial charge in [-0.2, -0.15) is 5.10 Å². The fourth-order valence-corrected chi connectivity index (χ4v) is 3.98. The number of hydrogen-bond donors (Lipinski definition) is 1. The van der Waals surface area contributed by atoms with Crippen molar-refractivity contribution in [3.8, 4) is 0 Å². The Labute approximate surface area is 126 Å². The van der Waals surface area contributed by atoms with Crippen LogP contribution < -0.4 is 5.32 Å². The van der Waals surface area contributed by atoms with E-state index in [2.05, 4.69) is 29.2 Å². The lowest BCUT2D eigenvalue weighted by molar-refractivity contribution is 0.0825. The summed E-state index contributed by atoms with van der Waals surface area (Å²) < 4.78 is 1.78. The lowest BCUT2D eigenvalue weighted by Crippen LogP contribution is -2.62. The summed E-state index contributed by atoms with van der Waals surface area (Å²) in [7, 11) is 1.92. The molecule has 20 heavy (non-hydrogen) atoms. The predicted molar refractivity (Wildman–Crippen MR) is 82.0 cm³/mol. The molecule has 1 aliphatic carbocycles. The van der Waals surface area contributed by atoms with Gasteiger partial charge in [0.25, 0.3) is 0 Å². The average Bonchev–Trinajstić information content (AvgIpc) is 2.95. The summed E-state index contributed by atoms with van der Waals surface area (Å²) in [6.45, 7) is 7.49. The van der Waals surface area contributed by atoms with E-state index in [4.69, 9.17) is 11.6 Å². The Hall–Kier alpha value is -0.580. The molecule has 1 aromatic heterocycles. The van der Waals surface area contributed by atoms with Gasteiger partial charge in [0.15, 0.2) is 0 Å². The smallest absolute Gasteiger partial charge is 0.131 e. The number of nitrogens with one attached hydrogen (secondary N) is 1. The van der Waals surface area contributed by atoms with Crippen molar-refractivity contribution in [3.05, 3.63) is 16.4 Å². The normalized spacial score (nSPS) is 26.5. The minimum atomic E-state index is 0.356. The average molecular weight is 297 g/mol. The highest BCUT2D eigenvalue weighted by atomic mass is 35.5. The number of hydrogen-bond acceptors (Lipinski definition) is 3. The summed E-state index contributed by atoms with van der Waals surface area (Å²) in [5.74, 6) is 0. The maximum absolute atomic E-state index is 6.39. The van der Waals surface area contributed by atoms with Gasteiger partial charge >= 0.3 is 0 Å². The van der Waals surface area contributed by atoms with E-state index in [0.717, 1.165) is 30.5 Å². The number of nitrogens with zero attached hydrogens (tertiary/aromatic N) is 3. The third kappa shape index (κ3) is 2.49. The molecule has 1 saturated carbocycles. The van der Waals surface area contributed by atoms with Crippen molar-refractivity contribution in [2.24, 2.45) is 7.05 Å². The van der Waals surface area contributed by atoms with Gasteiger partial charge in [0.1, 0.15) is 5.15 Å². The van der Waals surface area contributed by atoms with Crippen molar-refractivity contribution in [1.29, 1.82) is 0 Å². The molecule has 2 fully saturated rings. The lowest BCUT2D eigenvalue weighted by atomic mass is 9.92. The standard InChI is InChI=1S/C15H25ClN4/c1-11-8-17-15(6-4-5-7-15)10-20(11)9-13-12(2)18-19(3)14(13)16/h11,17H,4-10H2,1-3H3. The molecule has 1 spiro atoms. The van der Waals surface area contributed by atoms with Crippen LogP contribution in [0, 0.1) is 6.92 Å². The maximum atomic E-state index is 6.39. The molecule has 0 amide bonds. The molecule has 5 heteroatoms. The number of aromatic nitrogens is 2. The van der Waals surface area contributed by atoms with Gasteiger partial charge < -0.3 is 5.32 Å². The summed E-state index contributed by atoms with van der Waals surface area (Å²) in [5, 5.41) is 9.02. The van der Waals surface area contributed by atoms with Crippen molar-refractivity contribution in [2.45, 2.75) is 57.7 Å². The second-order valence-corrected chi connectivity index (χ2v) is 6.96. The highest BCUT2D eigenvalue weighted by Gasteiger charge is 2.40. The summed E-state index contributed by atoms with van der Waals surface area (Å²) in [4.78, 5) is 2.58. The number of piperazine rings is 1. The van der Waals surface area contributed by atoms with Gasteiger partial charge in [-0.1, -0.05) is 24.4 Å². The zero-order valence-corrected chi connectivity index (χ0v) is 13.5. The first-order chi connectivity index (χ1) is 9.51.